The summed E-state index contributed by atoms with van der Waals surface area (Å²) in [4.78, 5) is 14.2. The maximum atomic E-state index is 12.5. The van der Waals surface area contributed by atoms with Crippen LogP contribution in [0.3, 0.4) is 0 Å². The number of carboxylic acid groups (broad SMARTS) is 1. The van der Waals surface area contributed by atoms with Crippen LogP contribution in [0.1, 0.15) is 33.7 Å². The highest BCUT2D eigenvalue weighted by molar-refractivity contribution is 9.08. The molecule has 0 atom stereocenters. The molecule has 1 heterocycles. The first kappa shape index (κ1) is 12.5. The van der Waals surface area contributed by atoms with E-state index in [1.54, 1.807) is 6.07 Å². The van der Waals surface area contributed by atoms with Crippen LogP contribution in [0.15, 0.2) is 6.07 Å². The average Bonchev–Trinajstić information content (AvgIpc) is 2.26. The van der Waals surface area contributed by atoms with Crippen LogP contribution in [0.2, 0.25) is 0 Å². The predicted octanol–water partition coefficient (Wildman–Crippen LogP) is 2.48. The Hall–Kier alpha value is -1.55. The van der Waals surface area contributed by atoms with Gasteiger partial charge in [-0.2, -0.15) is 5.26 Å². The van der Waals surface area contributed by atoms with Crippen LogP contribution in [0.25, 0.3) is 0 Å². The highest BCUT2D eigenvalue weighted by Crippen LogP contribution is 2.25. The van der Waals surface area contributed by atoms with Crippen molar-refractivity contribution in [2.24, 2.45) is 0 Å². The Balaban J connectivity index is 3.49. The number of hydrogen-bond donors (Lipinski definition) is 1. The quantitative estimate of drug-likeness (QED) is 0.868. The van der Waals surface area contributed by atoms with Crippen molar-refractivity contribution in [2.45, 2.75) is 11.8 Å². The van der Waals surface area contributed by atoms with E-state index in [9.17, 15) is 13.6 Å². The van der Waals surface area contributed by atoms with Crippen LogP contribution < -0.4 is 0 Å². The molecule has 0 saturated carbocycles. The molecule has 0 aromatic carbocycles. The van der Waals surface area contributed by atoms with Gasteiger partial charge in [0, 0.05) is 5.33 Å². The smallest absolute Gasteiger partial charge is 0.355 e. The summed E-state index contributed by atoms with van der Waals surface area (Å²) in [5.74, 6) is -1.54. The molecule has 1 rings (SSSR count). The maximum Gasteiger partial charge on any atom is 0.355 e. The lowest BCUT2D eigenvalue weighted by molar-refractivity contribution is 0.0676. The minimum Gasteiger partial charge on any atom is -0.476 e. The van der Waals surface area contributed by atoms with Crippen molar-refractivity contribution in [1.82, 2.24) is 4.98 Å². The summed E-state index contributed by atoms with van der Waals surface area (Å²) in [5, 5.41) is 17.5. The zero-order valence-corrected chi connectivity index (χ0v) is 9.33. The molecule has 0 bridgehead atoms. The van der Waals surface area contributed by atoms with E-state index in [1.165, 1.54) is 0 Å². The van der Waals surface area contributed by atoms with E-state index in [1.807, 2.05) is 0 Å². The number of aromatic nitrogens is 1. The molecule has 0 unspecified atom stereocenters. The van der Waals surface area contributed by atoms with E-state index in [2.05, 4.69) is 20.9 Å². The number of nitrogens with zero attached hydrogens (tertiary/aromatic N) is 2. The van der Waals surface area contributed by atoms with Gasteiger partial charge in [-0.15, -0.1) is 0 Å². The van der Waals surface area contributed by atoms with Gasteiger partial charge in [0.25, 0.3) is 6.43 Å². The highest BCUT2D eigenvalue weighted by Gasteiger charge is 2.22. The van der Waals surface area contributed by atoms with Crippen LogP contribution in [0, 0.1) is 11.3 Å². The number of carbonyl (C=O) groups is 1. The van der Waals surface area contributed by atoms with Crippen LogP contribution >= 0.6 is 15.9 Å². The minimum absolute atomic E-state index is 0.0582. The summed E-state index contributed by atoms with van der Waals surface area (Å²) in [6.45, 7) is 0. The summed E-state index contributed by atoms with van der Waals surface area (Å²) in [6.07, 6.45) is -2.98. The van der Waals surface area contributed by atoms with Crippen molar-refractivity contribution in [1.29, 1.82) is 5.26 Å². The van der Waals surface area contributed by atoms with E-state index in [4.69, 9.17) is 10.4 Å². The fourth-order valence-electron chi connectivity index (χ4n) is 1.10. The van der Waals surface area contributed by atoms with Crippen LogP contribution in [0.4, 0.5) is 8.78 Å². The average molecular weight is 291 g/mol. The van der Waals surface area contributed by atoms with E-state index in [0.717, 1.165) is 6.07 Å². The number of pyridine rings is 1. The minimum atomic E-state index is -2.98. The van der Waals surface area contributed by atoms with Gasteiger partial charge in [0.05, 0.1) is 16.8 Å². The predicted molar refractivity (Wildman–Crippen MR) is 53.5 cm³/mol. The van der Waals surface area contributed by atoms with Gasteiger partial charge in [0.1, 0.15) is 6.07 Å². The molecule has 0 spiro atoms. The van der Waals surface area contributed by atoms with Gasteiger partial charge in [-0.25, -0.2) is 18.6 Å². The lowest BCUT2D eigenvalue weighted by atomic mass is 10.1. The van der Waals surface area contributed by atoms with Gasteiger partial charge in [-0.3, -0.25) is 0 Å². The lowest BCUT2D eigenvalue weighted by Crippen LogP contribution is -2.09. The van der Waals surface area contributed by atoms with Crippen molar-refractivity contribution < 1.29 is 18.7 Å². The highest BCUT2D eigenvalue weighted by atomic mass is 79.9. The van der Waals surface area contributed by atoms with E-state index in [-0.39, 0.29) is 16.6 Å². The second-order valence-electron chi connectivity index (χ2n) is 2.77. The van der Waals surface area contributed by atoms with Gasteiger partial charge < -0.3 is 5.11 Å². The third-order valence-electron chi connectivity index (χ3n) is 1.82. The molecular weight excluding hydrogens is 286 g/mol. The molecule has 16 heavy (non-hydrogen) atoms. The van der Waals surface area contributed by atoms with Crippen molar-refractivity contribution in [3.63, 3.8) is 0 Å². The number of hydrogen-bond acceptors (Lipinski definition) is 3. The third-order valence-corrected chi connectivity index (χ3v) is 2.35. The van der Waals surface area contributed by atoms with Crippen LogP contribution in [-0.4, -0.2) is 16.1 Å². The summed E-state index contributed by atoms with van der Waals surface area (Å²) < 4.78 is 25.0. The Morgan fingerprint density at radius 2 is 2.31 bits per heavy atom. The zero-order valence-electron chi connectivity index (χ0n) is 7.75. The molecule has 0 aliphatic carbocycles. The third kappa shape index (κ3) is 2.33. The molecular formula is C9H5BrF2N2O2. The Kier molecular flexibility index (Phi) is 3.90. The molecule has 4 nitrogen and oxygen atoms in total. The Labute approximate surface area is 97.7 Å². The van der Waals surface area contributed by atoms with Crippen LogP contribution in [0.5, 0.6) is 0 Å². The number of rotatable bonds is 3. The van der Waals surface area contributed by atoms with E-state index < -0.39 is 23.7 Å². The molecule has 0 saturated heterocycles. The number of aromatic carboxylic acids is 1. The molecule has 0 fully saturated rings. The van der Waals surface area contributed by atoms with E-state index in [0.29, 0.717) is 0 Å². The summed E-state index contributed by atoms with van der Waals surface area (Å²) in [7, 11) is 0. The number of carboxylic acids is 1. The molecule has 0 amide bonds. The molecule has 1 aromatic rings. The maximum absolute atomic E-state index is 12.5. The molecule has 84 valence electrons. The first-order chi connectivity index (χ1) is 7.51. The standard InChI is InChI=1S/C9H5BrF2N2O2/c10-2-6-4(3-13)1-5(8(11)12)7(14-6)9(15)16/h1,8H,2H2,(H,15,16). The van der Waals surface area contributed by atoms with Gasteiger partial charge in [-0.05, 0) is 6.07 Å². The number of nitriles is 1. The fourth-order valence-corrected chi connectivity index (χ4v) is 1.53. The first-order valence-corrected chi connectivity index (χ1v) is 5.14. The molecule has 1 N–H and O–H groups in total. The number of alkyl halides is 3. The van der Waals surface area contributed by atoms with Gasteiger partial charge >= 0.3 is 5.97 Å². The second-order valence-corrected chi connectivity index (χ2v) is 3.33. The van der Waals surface area contributed by atoms with Crippen molar-refractivity contribution in [3.8, 4) is 6.07 Å². The normalized spacial score (nSPS) is 10.2. The monoisotopic (exact) mass is 290 g/mol. The van der Waals surface area contributed by atoms with E-state index >= 15 is 0 Å². The Bertz CT molecular complexity index is 471. The van der Waals surface area contributed by atoms with Gasteiger partial charge in [0.2, 0.25) is 0 Å². The zero-order chi connectivity index (χ0) is 12.3. The molecule has 1 aromatic heterocycles. The van der Waals surface area contributed by atoms with Gasteiger partial charge in [0.15, 0.2) is 5.69 Å². The summed E-state index contributed by atoms with van der Waals surface area (Å²) >= 11 is 3.00. The van der Waals surface area contributed by atoms with Crippen molar-refractivity contribution >= 4 is 21.9 Å². The van der Waals surface area contributed by atoms with Crippen molar-refractivity contribution in [3.05, 3.63) is 28.6 Å². The SMILES string of the molecule is N#Cc1cc(C(F)F)c(C(=O)O)nc1CBr. The Morgan fingerprint density at radius 3 is 2.69 bits per heavy atom. The molecule has 0 aliphatic heterocycles. The second kappa shape index (κ2) is 4.99. The largest absolute Gasteiger partial charge is 0.476 e. The van der Waals surface area contributed by atoms with Gasteiger partial charge in [-0.1, -0.05) is 15.9 Å². The Morgan fingerprint density at radius 1 is 1.69 bits per heavy atom. The number of halogens is 3. The summed E-state index contributed by atoms with van der Waals surface area (Å²) in [5.41, 5.74) is -1.39. The van der Waals surface area contributed by atoms with Crippen molar-refractivity contribution in [2.75, 3.05) is 0 Å². The fraction of sp³-hybridized carbons (Fsp3) is 0.222. The topological polar surface area (TPSA) is 74.0 Å². The lowest BCUT2D eigenvalue weighted by Gasteiger charge is -2.07. The van der Waals surface area contributed by atoms with Crippen LogP contribution in [-0.2, 0) is 5.33 Å². The first-order valence-electron chi connectivity index (χ1n) is 4.02. The summed E-state index contributed by atoms with van der Waals surface area (Å²) in [6, 6.07) is 2.55. The molecule has 0 aliphatic rings. The molecule has 7 heteroatoms. The molecule has 0 radical (unpaired) electrons.